The molecule has 1 saturated heterocycles. The van der Waals surface area contributed by atoms with Crippen LogP contribution in [0.15, 0.2) is 71.7 Å². The van der Waals surface area contributed by atoms with Crippen molar-refractivity contribution in [2.75, 3.05) is 50.1 Å². The lowest BCUT2D eigenvalue weighted by molar-refractivity contribution is -0.116. The van der Waals surface area contributed by atoms with E-state index in [0.29, 0.717) is 25.4 Å². The van der Waals surface area contributed by atoms with Gasteiger partial charge in [-0.25, -0.2) is 0 Å². The van der Waals surface area contributed by atoms with E-state index in [0.717, 1.165) is 29.9 Å². The first kappa shape index (κ1) is 24.2. The molecule has 0 saturated carbocycles. The maximum absolute atomic E-state index is 12.9. The second kappa shape index (κ2) is 11.0. The SMILES string of the molecule is Cc1cccc(Cn2cccc(C(=O)N(C)CC(=O)Nc3ccc(N4CCOCC4)cc3)c2=O)c1. The molecule has 2 aromatic carbocycles. The van der Waals surface area contributed by atoms with E-state index in [9.17, 15) is 14.4 Å². The lowest BCUT2D eigenvalue weighted by atomic mass is 10.1. The lowest BCUT2D eigenvalue weighted by Crippen LogP contribution is -2.38. The maximum Gasteiger partial charge on any atom is 0.263 e. The molecular weight excluding hydrogens is 444 g/mol. The number of carbonyl (C=O) groups excluding carboxylic acids is 2. The molecule has 0 aliphatic carbocycles. The molecule has 1 aliphatic rings. The molecule has 2 heterocycles. The van der Waals surface area contributed by atoms with Gasteiger partial charge in [-0.3, -0.25) is 14.4 Å². The van der Waals surface area contributed by atoms with Gasteiger partial charge in [0.05, 0.1) is 26.3 Å². The number of hydrogen-bond acceptors (Lipinski definition) is 5. The van der Waals surface area contributed by atoms with Crippen LogP contribution in [0.25, 0.3) is 0 Å². The van der Waals surface area contributed by atoms with Crippen molar-refractivity contribution in [2.24, 2.45) is 0 Å². The van der Waals surface area contributed by atoms with Crippen molar-refractivity contribution in [2.45, 2.75) is 13.5 Å². The zero-order valence-corrected chi connectivity index (χ0v) is 20.1. The smallest absolute Gasteiger partial charge is 0.263 e. The summed E-state index contributed by atoms with van der Waals surface area (Å²) in [6, 6.07) is 18.6. The van der Waals surface area contributed by atoms with Crippen LogP contribution in [0.3, 0.4) is 0 Å². The Morgan fingerprint density at radius 1 is 1.03 bits per heavy atom. The number of morpholine rings is 1. The predicted octanol–water partition coefficient (Wildman–Crippen LogP) is 2.75. The molecule has 2 amide bonds. The lowest BCUT2D eigenvalue weighted by Gasteiger charge is -2.28. The van der Waals surface area contributed by atoms with Gasteiger partial charge in [0, 0.05) is 37.7 Å². The van der Waals surface area contributed by atoms with Crippen LogP contribution in [-0.2, 0) is 16.1 Å². The molecule has 0 radical (unpaired) electrons. The number of carbonyl (C=O) groups is 2. The maximum atomic E-state index is 12.9. The van der Waals surface area contributed by atoms with Crippen molar-refractivity contribution in [3.05, 3.63) is 93.9 Å². The first-order valence-electron chi connectivity index (χ1n) is 11.6. The molecule has 0 bridgehead atoms. The van der Waals surface area contributed by atoms with Crippen LogP contribution in [0.1, 0.15) is 21.5 Å². The van der Waals surface area contributed by atoms with Crippen molar-refractivity contribution in [3.8, 4) is 0 Å². The molecule has 0 atom stereocenters. The number of likely N-dealkylation sites (N-methyl/N-ethyl adjacent to an activating group) is 1. The minimum atomic E-state index is -0.494. The van der Waals surface area contributed by atoms with Crippen LogP contribution in [0.5, 0.6) is 0 Å². The zero-order chi connectivity index (χ0) is 24.8. The Morgan fingerprint density at radius 2 is 1.77 bits per heavy atom. The van der Waals surface area contributed by atoms with E-state index >= 15 is 0 Å². The van der Waals surface area contributed by atoms with E-state index in [1.54, 1.807) is 12.3 Å². The second-order valence-corrected chi connectivity index (χ2v) is 8.70. The molecule has 182 valence electrons. The molecule has 1 aliphatic heterocycles. The average molecular weight is 475 g/mol. The Balaban J connectivity index is 1.37. The first-order chi connectivity index (χ1) is 16.9. The van der Waals surface area contributed by atoms with Gasteiger partial charge < -0.3 is 24.4 Å². The summed E-state index contributed by atoms with van der Waals surface area (Å²) in [5, 5.41) is 2.81. The molecule has 4 rings (SSSR count). The van der Waals surface area contributed by atoms with Gasteiger partial charge in [0.15, 0.2) is 0 Å². The van der Waals surface area contributed by atoms with E-state index in [1.807, 2.05) is 55.5 Å². The van der Waals surface area contributed by atoms with E-state index in [1.165, 1.54) is 22.6 Å². The highest BCUT2D eigenvalue weighted by Gasteiger charge is 2.19. The minimum absolute atomic E-state index is 0.0327. The van der Waals surface area contributed by atoms with Gasteiger partial charge in [-0.05, 0) is 48.9 Å². The third-order valence-electron chi connectivity index (χ3n) is 5.94. The number of aryl methyl sites for hydroxylation is 1. The molecule has 1 N–H and O–H groups in total. The number of amides is 2. The van der Waals surface area contributed by atoms with Gasteiger partial charge in [-0.1, -0.05) is 29.8 Å². The number of pyridine rings is 1. The number of hydrogen-bond donors (Lipinski definition) is 1. The molecule has 3 aromatic rings. The third kappa shape index (κ3) is 6.16. The fraction of sp³-hybridized carbons (Fsp3) is 0.296. The molecule has 8 nitrogen and oxygen atoms in total. The molecule has 35 heavy (non-hydrogen) atoms. The predicted molar refractivity (Wildman–Crippen MR) is 136 cm³/mol. The molecule has 0 unspecified atom stereocenters. The van der Waals surface area contributed by atoms with Gasteiger partial charge in [0.2, 0.25) is 5.91 Å². The molecule has 0 spiro atoms. The van der Waals surface area contributed by atoms with Crippen LogP contribution < -0.4 is 15.8 Å². The Bertz CT molecular complexity index is 1250. The van der Waals surface area contributed by atoms with Crippen molar-refractivity contribution < 1.29 is 14.3 Å². The second-order valence-electron chi connectivity index (χ2n) is 8.70. The standard InChI is InChI=1S/C27H30N4O4/c1-20-5-3-6-21(17-20)18-31-12-4-7-24(27(31)34)26(33)29(2)19-25(32)28-22-8-10-23(11-9-22)30-13-15-35-16-14-30/h3-12,17H,13-16,18-19H2,1-2H3,(H,28,32). The fourth-order valence-electron chi connectivity index (χ4n) is 4.10. The quantitative estimate of drug-likeness (QED) is 0.569. The van der Waals surface area contributed by atoms with Crippen LogP contribution >= 0.6 is 0 Å². The third-order valence-corrected chi connectivity index (χ3v) is 5.94. The van der Waals surface area contributed by atoms with Gasteiger partial charge in [0.1, 0.15) is 5.56 Å². The van der Waals surface area contributed by atoms with Crippen molar-refractivity contribution in [1.82, 2.24) is 9.47 Å². The first-order valence-corrected chi connectivity index (χ1v) is 11.6. The van der Waals surface area contributed by atoms with E-state index in [4.69, 9.17) is 4.74 Å². The number of anilines is 2. The Labute approximate surface area is 204 Å². The van der Waals surface area contributed by atoms with Crippen molar-refractivity contribution in [3.63, 3.8) is 0 Å². The number of rotatable bonds is 7. The minimum Gasteiger partial charge on any atom is -0.378 e. The number of nitrogens with one attached hydrogen (secondary N) is 1. The number of nitrogens with zero attached hydrogens (tertiary/aromatic N) is 3. The molecule has 8 heteroatoms. The highest BCUT2D eigenvalue weighted by Crippen LogP contribution is 2.19. The van der Waals surface area contributed by atoms with Crippen molar-refractivity contribution >= 4 is 23.2 Å². The summed E-state index contributed by atoms with van der Waals surface area (Å²) in [6.45, 7) is 5.28. The molecule has 1 aromatic heterocycles. The Morgan fingerprint density at radius 3 is 2.49 bits per heavy atom. The largest absolute Gasteiger partial charge is 0.378 e. The van der Waals surface area contributed by atoms with Gasteiger partial charge in [-0.15, -0.1) is 0 Å². The normalized spacial score (nSPS) is 13.4. The summed E-state index contributed by atoms with van der Waals surface area (Å²) in [4.78, 5) is 41.9. The van der Waals surface area contributed by atoms with E-state index in [-0.39, 0.29) is 23.6 Å². The summed E-state index contributed by atoms with van der Waals surface area (Å²) in [6.07, 6.45) is 1.66. The summed E-state index contributed by atoms with van der Waals surface area (Å²) < 4.78 is 6.88. The number of ether oxygens (including phenoxy) is 1. The fourth-order valence-corrected chi connectivity index (χ4v) is 4.10. The summed E-state index contributed by atoms with van der Waals surface area (Å²) in [5.41, 5.74) is 3.45. The molecular formula is C27H30N4O4. The van der Waals surface area contributed by atoms with Gasteiger partial charge in [0.25, 0.3) is 11.5 Å². The molecule has 1 fully saturated rings. The zero-order valence-electron chi connectivity index (χ0n) is 20.1. The van der Waals surface area contributed by atoms with Crippen LogP contribution in [0, 0.1) is 6.92 Å². The Hall–Kier alpha value is -3.91. The number of benzene rings is 2. The Kier molecular flexibility index (Phi) is 7.62. The summed E-state index contributed by atoms with van der Waals surface area (Å²) in [7, 11) is 1.51. The van der Waals surface area contributed by atoms with Crippen LogP contribution in [-0.4, -0.2) is 61.2 Å². The number of aromatic nitrogens is 1. The topological polar surface area (TPSA) is 83.9 Å². The van der Waals surface area contributed by atoms with Crippen molar-refractivity contribution in [1.29, 1.82) is 0 Å². The average Bonchev–Trinajstić information content (AvgIpc) is 2.86. The highest BCUT2D eigenvalue weighted by molar-refractivity contribution is 5.99. The van der Waals surface area contributed by atoms with Gasteiger partial charge >= 0.3 is 0 Å². The van der Waals surface area contributed by atoms with Gasteiger partial charge in [-0.2, -0.15) is 0 Å². The van der Waals surface area contributed by atoms with Crippen LogP contribution in [0.4, 0.5) is 11.4 Å². The van der Waals surface area contributed by atoms with E-state index < -0.39 is 5.91 Å². The summed E-state index contributed by atoms with van der Waals surface area (Å²) >= 11 is 0. The monoisotopic (exact) mass is 474 g/mol. The highest BCUT2D eigenvalue weighted by atomic mass is 16.5. The van der Waals surface area contributed by atoms with E-state index in [2.05, 4.69) is 10.2 Å². The van der Waals surface area contributed by atoms with Crippen LogP contribution in [0.2, 0.25) is 0 Å². The summed E-state index contributed by atoms with van der Waals surface area (Å²) in [5.74, 6) is -0.831.